The fraction of sp³-hybridized carbons (Fsp3) is 0.182. The number of hydrogen-bond donors (Lipinski definition) is 3. The van der Waals surface area contributed by atoms with Gasteiger partial charge in [0.1, 0.15) is 0 Å². The molecular formula is C22H24N4O2. The van der Waals surface area contributed by atoms with E-state index in [2.05, 4.69) is 33.1 Å². The predicted molar refractivity (Wildman–Crippen MR) is 111 cm³/mol. The lowest BCUT2D eigenvalue weighted by Gasteiger charge is -2.11. The molecule has 0 aliphatic rings. The molecule has 0 fully saturated rings. The van der Waals surface area contributed by atoms with Gasteiger partial charge < -0.3 is 20.4 Å². The van der Waals surface area contributed by atoms with Gasteiger partial charge in [0.25, 0.3) is 5.91 Å². The van der Waals surface area contributed by atoms with Crippen molar-refractivity contribution in [2.75, 3.05) is 11.9 Å². The number of hydrogen-bond acceptors (Lipinski definition) is 3. The van der Waals surface area contributed by atoms with Gasteiger partial charge in [-0.1, -0.05) is 42.5 Å². The molecule has 0 radical (unpaired) electrons. The van der Waals surface area contributed by atoms with Gasteiger partial charge in [0.05, 0.1) is 12.8 Å². The van der Waals surface area contributed by atoms with Crippen molar-refractivity contribution in [1.29, 1.82) is 0 Å². The van der Waals surface area contributed by atoms with Crippen LogP contribution in [0.5, 0.6) is 0 Å². The Morgan fingerprint density at radius 3 is 2.54 bits per heavy atom. The minimum absolute atomic E-state index is 0.275. The molecule has 3 N–H and O–H groups in total. The van der Waals surface area contributed by atoms with Gasteiger partial charge in [-0.3, -0.25) is 4.79 Å². The van der Waals surface area contributed by atoms with Crippen LogP contribution in [0.1, 0.15) is 28.6 Å². The minimum Gasteiger partial charge on any atom is -0.459 e. The number of benzene rings is 2. The number of aliphatic imine (C=N–C) groups is 1. The summed E-state index contributed by atoms with van der Waals surface area (Å²) in [6.45, 7) is 4.00. The summed E-state index contributed by atoms with van der Waals surface area (Å²) in [5.74, 6) is 0.753. The van der Waals surface area contributed by atoms with Crippen LogP contribution in [0.3, 0.4) is 0 Å². The average Bonchev–Trinajstić information content (AvgIpc) is 3.26. The largest absolute Gasteiger partial charge is 0.459 e. The fourth-order valence-corrected chi connectivity index (χ4v) is 2.64. The van der Waals surface area contributed by atoms with Crippen LogP contribution in [0.25, 0.3) is 0 Å². The standard InChI is InChI=1S/C22H24N4O2/c1-2-23-22(24-15-17-8-4-3-5-9-17)25-16-18-10-6-11-19(14-18)26-21(27)20-12-7-13-28-20/h3-14H,2,15-16H2,1H3,(H,26,27)(H2,23,24,25). The zero-order chi connectivity index (χ0) is 19.6. The Kier molecular flexibility index (Phi) is 6.84. The number of carbonyl (C=O) groups excluding carboxylic acids is 1. The lowest BCUT2D eigenvalue weighted by Crippen LogP contribution is -2.36. The number of carbonyl (C=O) groups is 1. The van der Waals surface area contributed by atoms with Crippen LogP contribution in [0.4, 0.5) is 5.69 Å². The van der Waals surface area contributed by atoms with E-state index in [9.17, 15) is 4.79 Å². The van der Waals surface area contributed by atoms with Crippen molar-refractivity contribution in [2.24, 2.45) is 4.99 Å². The van der Waals surface area contributed by atoms with Crippen LogP contribution in [-0.4, -0.2) is 18.4 Å². The SMILES string of the molecule is CCNC(=NCc1cccc(NC(=O)c2ccco2)c1)NCc1ccccc1. The summed E-state index contributed by atoms with van der Waals surface area (Å²) in [6.07, 6.45) is 1.48. The van der Waals surface area contributed by atoms with E-state index in [1.165, 1.54) is 11.8 Å². The minimum atomic E-state index is -0.275. The van der Waals surface area contributed by atoms with E-state index < -0.39 is 0 Å². The van der Waals surface area contributed by atoms with Crippen molar-refractivity contribution >= 4 is 17.6 Å². The quantitative estimate of drug-likeness (QED) is 0.433. The predicted octanol–water partition coefficient (Wildman–Crippen LogP) is 3.79. The Labute approximate surface area is 164 Å². The van der Waals surface area contributed by atoms with E-state index in [-0.39, 0.29) is 11.7 Å². The summed E-state index contributed by atoms with van der Waals surface area (Å²) >= 11 is 0. The van der Waals surface area contributed by atoms with Gasteiger partial charge in [-0.05, 0) is 42.3 Å². The smallest absolute Gasteiger partial charge is 0.291 e. The van der Waals surface area contributed by atoms with Crippen molar-refractivity contribution in [3.63, 3.8) is 0 Å². The Hall–Kier alpha value is -3.54. The van der Waals surface area contributed by atoms with Crippen molar-refractivity contribution in [2.45, 2.75) is 20.0 Å². The summed E-state index contributed by atoms with van der Waals surface area (Å²) in [7, 11) is 0. The first-order valence-electron chi connectivity index (χ1n) is 9.24. The topological polar surface area (TPSA) is 78.7 Å². The molecule has 0 saturated heterocycles. The Bertz CT molecular complexity index is 905. The molecule has 6 heteroatoms. The van der Waals surface area contributed by atoms with Crippen molar-refractivity contribution in [3.05, 3.63) is 89.9 Å². The molecular weight excluding hydrogens is 352 g/mol. The molecule has 0 unspecified atom stereocenters. The number of furan rings is 1. The highest BCUT2D eigenvalue weighted by molar-refractivity contribution is 6.02. The molecule has 1 heterocycles. The molecule has 1 amide bonds. The highest BCUT2D eigenvalue weighted by atomic mass is 16.3. The molecule has 0 aliphatic heterocycles. The summed E-state index contributed by atoms with van der Waals surface area (Å²) in [6, 6.07) is 21.1. The van der Waals surface area contributed by atoms with E-state index in [0.717, 1.165) is 18.1 Å². The molecule has 0 aliphatic carbocycles. The third kappa shape index (κ3) is 5.74. The first-order chi connectivity index (χ1) is 13.7. The molecule has 0 spiro atoms. The molecule has 3 rings (SSSR count). The Morgan fingerprint density at radius 1 is 0.964 bits per heavy atom. The van der Waals surface area contributed by atoms with Crippen LogP contribution in [0.15, 0.2) is 82.4 Å². The van der Waals surface area contributed by atoms with Gasteiger partial charge in [0, 0.05) is 18.8 Å². The second-order valence-electron chi connectivity index (χ2n) is 6.17. The molecule has 1 aromatic heterocycles. The van der Waals surface area contributed by atoms with Crippen LogP contribution in [0.2, 0.25) is 0 Å². The molecule has 6 nitrogen and oxygen atoms in total. The molecule has 0 bridgehead atoms. The maximum Gasteiger partial charge on any atom is 0.291 e. The zero-order valence-electron chi connectivity index (χ0n) is 15.8. The fourth-order valence-electron chi connectivity index (χ4n) is 2.64. The molecule has 28 heavy (non-hydrogen) atoms. The van der Waals surface area contributed by atoms with Crippen LogP contribution >= 0.6 is 0 Å². The van der Waals surface area contributed by atoms with Crippen LogP contribution in [0, 0.1) is 0 Å². The maximum atomic E-state index is 12.1. The molecule has 0 saturated carbocycles. The van der Waals surface area contributed by atoms with Crippen molar-refractivity contribution in [1.82, 2.24) is 10.6 Å². The van der Waals surface area contributed by atoms with Crippen LogP contribution in [-0.2, 0) is 13.1 Å². The number of nitrogens with one attached hydrogen (secondary N) is 3. The third-order valence-electron chi connectivity index (χ3n) is 4.00. The molecule has 144 valence electrons. The highest BCUT2D eigenvalue weighted by Crippen LogP contribution is 2.13. The van der Waals surface area contributed by atoms with Gasteiger partial charge in [0.15, 0.2) is 11.7 Å². The van der Waals surface area contributed by atoms with Gasteiger partial charge >= 0.3 is 0 Å². The highest BCUT2D eigenvalue weighted by Gasteiger charge is 2.08. The molecule has 0 atom stereocenters. The van der Waals surface area contributed by atoms with E-state index >= 15 is 0 Å². The van der Waals surface area contributed by atoms with E-state index in [0.29, 0.717) is 18.8 Å². The van der Waals surface area contributed by atoms with E-state index in [1.54, 1.807) is 12.1 Å². The third-order valence-corrected chi connectivity index (χ3v) is 4.00. The first kappa shape index (κ1) is 19.2. The van der Waals surface area contributed by atoms with Gasteiger partial charge in [-0.15, -0.1) is 0 Å². The zero-order valence-corrected chi connectivity index (χ0v) is 15.8. The first-order valence-corrected chi connectivity index (χ1v) is 9.24. The lowest BCUT2D eigenvalue weighted by molar-refractivity contribution is 0.0996. The number of rotatable bonds is 7. The Balaban J connectivity index is 1.61. The second-order valence-corrected chi connectivity index (χ2v) is 6.17. The summed E-state index contributed by atoms with van der Waals surface area (Å²) in [5, 5.41) is 9.41. The van der Waals surface area contributed by atoms with Gasteiger partial charge in [-0.25, -0.2) is 4.99 Å². The summed E-state index contributed by atoms with van der Waals surface area (Å²) in [5.41, 5.74) is 2.89. The number of nitrogens with zero attached hydrogens (tertiary/aromatic N) is 1. The molecule has 2 aromatic carbocycles. The van der Waals surface area contributed by atoms with Gasteiger partial charge in [0.2, 0.25) is 0 Å². The van der Waals surface area contributed by atoms with E-state index in [4.69, 9.17) is 4.42 Å². The number of guanidine groups is 1. The van der Waals surface area contributed by atoms with Crippen molar-refractivity contribution < 1.29 is 9.21 Å². The lowest BCUT2D eigenvalue weighted by atomic mass is 10.2. The molecule has 3 aromatic rings. The van der Waals surface area contributed by atoms with Crippen LogP contribution < -0.4 is 16.0 Å². The van der Waals surface area contributed by atoms with E-state index in [1.807, 2.05) is 49.4 Å². The normalized spacial score (nSPS) is 11.1. The number of amides is 1. The average molecular weight is 376 g/mol. The van der Waals surface area contributed by atoms with Crippen molar-refractivity contribution in [3.8, 4) is 0 Å². The maximum absolute atomic E-state index is 12.1. The summed E-state index contributed by atoms with van der Waals surface area (Å²) in [4.78, 5) is 16.7. The summed E-state index contributed by atoms with van der Waals surface area (Å²) < 4.78 is 5.12. The second kappa shape index (κ2) is 9.97. The number of anilines is 1. The monoisotopic (exact) mass is 376 g/mol. The Morgan fingerprint density at radius 2 is 1.79 bits per heavy atom. The van der Waals surface area contributed by atoms with Gasteiger partial charge in [-0.2, -0.15) is 0 Å².